The first kappa shape index (κ1) is 19.2. The van der Waals surface area contributed by atoms with Gasteiger partial charge in [-0.2, -0.15) is 0 Å². The van der Waals surface area contributed by atoms with Gasteiger partial charge in [0.1, 0.15) is 0 Å². The zero-order valence-electron chi connectivity index (χ0n) is 14.8. The molecule has 0 bridgehead atoms. The highest BCUT2D eigenvalue weighted by Crippen LogP contribution is 2.40. The summed E-state index contributed by atoms with van der Waals surface area (Å²) in [7, 11) is -4.03. The molecule has 2 aromatic carbocycles. The number of fused-ring (bicyclic) bond motifs is 1. The fraction of sp³-hybridized carbons (Fsp3) is 0.316. The van der Waals surface area contributed by atoms with Gasteiger partial charge in [0.15, 0.2) is 11.6 Å². The number of nitrogens with one attached hydrogen (secondary N) is 2. The fourth-order valence-electron chi connectivity index (χ4n) is 3.86. The third-order valence-electron chi connectivity index (χ3n) is 5.21. The van der Waals surface area contributed by atoms with Gasteiger partial charge in [0, 0.05) is 5.56 Å². The molecular formula is C19H18F2N2O3S2. The summed E-state index contributed by atoms with van der Waals surface area (Å²) in [4.78, 5) is 13.8. The number of hydrogen-bond acceptors (Lipinski definition) is 4. The third-order valence-corrected chi connectivity index (χ3v) is 7.59. The first-order valence-corrected chi connectivity index (χ1v) is 11.2. The van der Waals surface area contributed by atoms with E-state index in [2.05, 4.69) is 9.71 Å². The normalized spacial score (nSPS) is 17.1. The average Bonchev–Trinajstić information content (AvgIpc) is 3.03. The molecule has 0 saturated heterocycles. The minimum absolute atomic E-state index is 0.0167. The summed E-state index contributed by atoms with van der Waals surface area (Å²) >= 11 is 0.915. The minimum atomic E-state index is -4.03. The van der Waals surface area contributed by atoms with Crippen molar-refractivity contribution in [3.8, 4) is 0 Å². The Hall–Kier alpha value is -2.10. The van der Waals surface area contributed by atoms with E-state index in [1.807, 2.05) is 0 Å². The van der Waals surface area contributed by atoms with E-state index < -0.39 is 27.2 Å². The van der Waals surface area contributed by atoms with Crippen molar-refractivity contribution in [2.24, 2.45) is 0 Å². The number of H-pyrrole nitrogens is 1. The van der Waals surface area contributed by atoms with E-state index in [0.29, 0.717) is 35.9 Å². The maximum absolute atomic E-state index is 14.6. The molecule has 1 aliphatic carbocycles. The molecule has 0 unspecified atom stereocenters. The lowest BCUT2D eigenvalue weighted by atomic mass is 9.77. The molecule has 28 heavy (non-hydrogen) atoms. The van der Waals surface area contributed by atoms with Crippen LogP contribution in [0.1, 0.15) is 37.7 Å². The number of thiazole rings is 1. The molecule has 4 rings (SSSR count). The van der Waals surface area contributed by atoms with Gasteiger partial charge in [0.2, 0.25) is 10.0 Å². The summed E-state index contributed by atoms with van der Waals surface area (Å²) in [5.74, 6) is -2.02. The van der Waals surface area contributed by atoms with E-state index in [0.717, 1.165) is 23.8 Å². The minimum Gasteiger partial charge on any atom is -0.312 e. The van der Waals surface area contributed by atoms with E-state index >= 15 is 0 Å². The van der Waals surface area contributed by atoms with Crippen LogP contribution in [0.25, 0.3) is 10.2 Å². The van der Waals surface area contributed by atoms with Gasteiger partial charge in [0.05, 0.1) is 20.7 Å². The second kappa shape index (κ2) is 7.06. The average molecular weight is 424 g/mol. The number of sulfonamides is 1. The smallest absolute Gasteiger partial charge is 0.305 e. The SMILES string of the molecule is O=c1[nH]c2ccc(S(=O)(=O)NC3(c4cccc(F)c4F)CCCCC3)cc2s1. The predicted octanol–water partition coefficient (Wildman–Crippen LogP) is 4.01. The highest BCUT2D eigenvalue weighted by Gasteiger charge is 2.40. The summed E-state index contributed by atoms with van der Waals surface area (Å²) in [6.07, 6.45) is 3.08. The lowest BCUT2D eigenvalue weighted by Gasteiger charge is -2.38. The summed E-state index contributed by atoms with van der Waals surface area (Å²) in [6.45, 7) is 0. The van der Waals surface area contributed by atoms with Gasteiger partial charge in [-0.05, 0) is 37.1 Å². The van der Waals surface area contributed by atoms with Gasteiger partial charge in [-0.1, -0.05) is 42.7 Å². The molecule has 5 nitrogen and oxygen atoms in total. The second-order valence-corrected chi connectivity index (χ2v) is 9.72. The third kappa shape index (κ3) is 3.38. The molecule has 0 spiro atoms. The topological polar surface area (TPSA) is 79.0 Å². The summed E-state index contributed by atoms with van der Waals surface area (Å²) < 4.78 is 57.8. The number of hydrogen-bond donors (Lipinski definition) is 2. The van der Waals surface area contributed by atoms with E-state index in [1.165, 1.54) is 30.3 Å². The van der Waals surface area contributed by atoms with Crippen molar-refractivity contribution in [1.29, 1.82) is 0 Å². The first-order valence-electron chi connectivity index (χ1n) is 8.92. The quantitative estimate of drug-likeness (QED) is 0.664. The molecule has 148 valence electrons. The number of rotatable bonds is 4. The van der Waals surface area contributed by atoms with Gasteiger partial charge in [-0.15, -0.1) is 0 Å². The molecule has 1 saturated carbocycles. The van der Waals surface area contributed by atoms with Gasteiger partial charge >= 0.3 is 4.87 Å². The zero-order valence-corrected chi connectivity index (χ0v) is 16.4. The van der Waals surface area contributed by atoms with Crippen LogP contribution in [0.4, 0.5) is 8.78 Å². The Labute approximate surface area is 164 Å². The van der Waals surface area contributed by atoms with Crippen LogP contribution >= 0.6 is 11.3 Å². The van der Waals surface area contributed by atoms with E-state index in [4.69, 9.17) is 0 Å². The van der Waals surface area contributed by atoms with Gasteiger partial charge in [-0.3, -0.25) is 4.79 Å². The Morgan fingerprint density at radius 2 is 1.82 bits per heavy atom. The van der Waals surface area contributed by atoms with Crippen LogP contribution in [-0.2, 0) is 15.6 Å². The van der Waals surface area contributed by atoms with Crippen molar-refractivity contribution in [1.82, 2.24) is 9.71 Å². The highest BCUT2D eigenvalue weighted by molar-refractivity contribution is 7.89. The molecule has 0 radical (unpaired) electrons. The van der Waals surface area contributed by atoms with Crippen molar-refractivity contribution in [2.75, 3.05) is 0 Å². The van der Waals surface area contributed by atoms with E-state index in [9.17, 15) is 22.0 Å². The van der Waals surface area contributed by atoms with Crippen LogP contribution in [0.3, 0.4) is 0 Å². The van der Waals surface area contributed by atoms with Crippen LogP contribution in [-0.4, -0.2) is 13.4 Å². The molecule has 0 aliphatic heterocycles. The summed E-state index contributed by atoms with van der Waals surface area (Å²) in [6, 6.07) is 8.18. The van der Waals surface area contributed by atoms with Crippen LogP contribution in [0, 0.1) is 11.6 Å². The maximum atomic E-state index is 14.6. The Balaban J connectivity index is 1.79. The molecule has 3 aromatic rings. The Kier molecular flexibility index (Phi) is 4.84. The molecule has 1 fully saturated rings. The molecular weight excluding hydrogens is 406 g/mol. The molecule has 1 heterocycles. The van der Waals surface area contributed by atoms with Crippen molar-refractivity contribution in [3.05, 3.63) is 63.3 Å². The lowest BCUT2D eigenvalue weighted by molar-refractivity contribution is 0.262. The van der Waals surface area contributed by atoms with Crippen LogP contribution < -0.4 is 9.60 Å². The zero-order chi connectivity index (χ0) is 19.9. The molecule has 1 aliphatic rings. The van der Waals surface area contributed by atoms with Crippen molar-refractivity contribution >= 4 is 31.6 Å². The molecule has 0 atom stereocenters. The summed E-state index contributed by atoms with van der Waals surface area (Å²) in [5, 5.41) is 0. The Morgan fingerprint density at radius 3 is 2.57 bits per heavy atom. The predicted molar refractivity (Wildman–Crippen MR) is 104 cm³/mol. The van der Waals surface area contributed by atoms with Crippen LogP contribution in [0.15, 0.2) is 46.1 Å². The second-order valence-electron chi connectivity index (χ2n) is 7.02. The lowest BCUT2D eigenvalue weighted by Crippen LogP contribution is -2.47. The fourth-order valence-corrected chi connectivity index (χ4v) is 6.18. The molecule has 9 heteroatoms. The molecule has 1 aromatic heterocycles. The number of aromatic amines is 1. The summed E-state index contributed by atoms with van der Waals surface area (Å²) in [5.41, 5.74) is -0.621. The highest BCUT2D eigenvalue weighted by atomic mass is 32.2. The van der Waals surface area contributed by atoms with Crippen LogP contribution in [0.5, 0.6) is 0 Å². The Bertz CT molecular complexity index is 1200. The molecule has 2 N–H and O–H groups in total. The number of halogens is 2. The number of benzene rings is 2. The molecule has 0 amide bonds. The maximum Gasteiger partial charge on any atom is 0.305 e. The Morgan fingerprint density at radius 1 is 1.07 bits per heavy atom. The van der Waals surface area contributed by atoms with Gasteiger partial charge in [0.25, 0.3) is 0 Å². The van der Waals surface area contributed by atoms with Gasteiger partial charge < -0.3 is 4.98 Å². The first-order chi connectivity index (χ1) is 13.3. The standard InChI is InChI=1S/C19H18F2N2O3S2/c20-14-6-4-5-13(17(14)21)19(9-2-1-3-10-19)23-28(25,26)12-7-8-15-16(11-12)27-18(24)22-15/h4-8,11,23H,1-3,9-10H2,(H,22,24). The van der Waals surface area contributed by atoms with Crippen molar-refractivity contribution in [2.45, 2.75) is 42.5 Å². The van der Waals surface area contributed by atoms with E-state index in [1.54, 1.807) is 0 Å². The van der Waals surface area contributed by atoms with Crippen LogP contribution in [0.2, 0.25) is 0 Å². The van der Waals surface area contributed by atoms with Crippen molar-refractivity contribution < 1.29 is 17.2 Å². The van der Waals surface area contributed by atoms with E-state index in [-0.39, 0.29) is 15.3 Å². The monoisotopic (exact) mass is 424 g/mol. The number of aromatic nitrogens is 1. The van der Waals surface area contributed by atoms with Crippen molar-refractivity contribution in [3.63, 3.8) is 0 Å². The van der Waals surface area contributed by atoms with Gasteiger partial charge in [-0.25, -0.2) is 21.9 Å². The largest absolute Gasteiger partial charge is 0.312 e.